The second-order valence-corrected chi connectivity index (χ2v) is 6.42. The van der Waals surface area contributed by atoms with E-state index < -0.39 is 0 Å². The molecule has 0 spiro atoms. The minimum atomic E-state index is 0.637. The molecule has 0 saturated carbocycles. The lowest BCUT2D eigenvalue weighted by Gasteiger charge is -2.08. The summed E-state index contributed by atoms with van der Waals surface area (Å²) in [4.78, 5) is 8.03. The minimum Gasteiger partial charge on any atom is -0.372 e. The summed E-state index contributed by atoms with van der Waals surface area (Å²) < 4.78 is 0. The van der Waals surface area contributed by atoms with E-state index in [1.807, 2.05) is 18.2 Å². The summed E-state index contributed by atoms with van der Waals surface area (Å²) in [6.45, 7) is 1.75. The van der Waals surface area contributed by atoms with E-state index in [1.54, 1.807) is 6.07 Å². The monoisotopic (exact) mass is 343 g/mol. The first-order chi connectivity index (χ1) is 11.2. The molecule has 2 aromatic carbocycles. The van der Waals surface area contributed by atoms with Gasteiger partial charge in [0.2, 0.25) is 0 Å². The van der Waals surface area contributed by atoms with Crippen LogP contribution in [0.4, 0.5) is 0 Å². The Balaban J connectivity index is 1.90. The van der Waals surface area contributed by atoms with Crippen molar-refractivity contribution in [2.45, 2.75) is 6.42 Å². The Bertz CT molecular complexity index is 912. The molecule has 0 atom stereocenters. The Morgan fingerprint density at radius 2 is 1.96 bits per heavy atom. The quantitative estimate of drug-likeness (QED) is 0.711. The van der Waals surface area contributed by atoms with Gasteiger partial charge in [0.15, 0.2) is 0 Å². The summed E-state index contributed by atoms with van der Waals surface area (Å²) in [5, 5.41) is 5.83. The summed E-state index contributed by atoms with van der Waals surface area (Å²) >= 11 is 12.5. The molecule has 1 aromatic heterocycles. The number of rotatable bonds is 3. The molecule has 0 bridgehead atoms. The smallest absolute Gasteiger partial charge is 0.101 e. The minimum absolute atomic E-state index is 0.637. The van der Waals surface area contributed by atoms with Crippen LogP contribution in [0.25, 0.3) is 22.2 Å². The summed E-state index contributed by atoms with van der Waals surface area (Å²) in [6, 6.07) is 13.9. The van der Waals surface area contributed by atoms with E-state index >= 15 is 0 Å². The van der Waals surface area contributed by atoms with Crippen LogP contribution >= 0.6 is 23.2 Å². The summed E-state index contributed by atoms with van der Waals surface area (Å²) in [5.74, 6) is 1.03. The van der Waals surface area contributed by atoms with E-state index in [-0.39, 0.29) is 0 Å². The number of hydrogen-bond donors (Lipinski definition) is 2. The van der Waals surface area contributed by atoms with E-state index in [1.165, 1.54) is 10.9 Å². The summed E-state index contributed by atoms with van der Waals surface area (Å²) in [5.41, 5.74) is 4.30. The van der Waals surface area contributed by atoms with Crippen molar-refractivity contribution >= 4 is 39.9 Å². The molecular formula is C18H15Cl2N3. The predicted octanol–water partition coefficient (Wildman–Crippen LogP) is 4.69. The average Bonchev–Trinajstić information content (AvgIpc) is 3.16. The molecule has 4 rings (SSSR count). The molecule has 0 unspecified atom stereocenters. The zero-order valence-electron chi connectivity index (χ0n) is 12.4. The van der Waals surface area contributed by atoms with Crippen molar-refractivity contribution in [3.63, 3.8) is 0 Å². The molecule has 0 fully saturated rings. The largest absolute Gasteiger partial charge is 0.372 e. The number of benzene rings is 2. The number of halogens is 2. The zero-order chi connectivity index (χ0) is 15.8. The first kappa shape index (κ1) is 14.6. The van der Waals surface area contributed by atoms with Gasteiger partial charge >= 0.3 is 0 Å². The topological polar surface area (TPSA) is 40.2 Å². The number of aromatic amines is 1. The Morgan fingerprint density at radius 3 is 2.74 bits per heavy atom. The van der Waals surface area contributed by atoms with Gasteiger partial charge in [-0.3, -0.25) is 4.99 Å². The van der Waals surface area contributed by atoms with Crippen molar-refractivity contribution in [3.05, 3.63) is 58.1 Å². The first-order valence-corrected chi connectivity index (χ1v) is 8.30. The second-order valence-electron chi connectivity index (χ2n) is 5.58. The van der Waals surface area contributed by atoms with Gasteiger partial charge in [0.05, 0.1) is 17.3 Å². The molecule has 116 valence electrons. The fourth-order valence-corrected chi connectivity index (χ4v) is 3.54. The number of aromatic nitrogens is 1. The highest BCUT2D eigenvalue weighted by molar-refractivity contribution is 6.36. The lowest BCUT2D eigenvalue weighted by atomic mass is 10.0. The molecular weight excluding hydrogens is 329 g/mol. The van der Waals surface area contributed by atoms with Gasteiger partial charge in [0, 0.05) is 34.5 Å². The molecule has 0 radical (unpaired) electrons. The summed E-state index contributed by atoms with van der Waals surface area (Å²) in [7, 11) is 0. The maximum Gasteiger partial charge on any atom is 0.101 e. The van der Waals surface area contributed by atoms with E-state index in [4.69, 9.17) is 23.2 Å². The molecule has 1 aliphatic rings. The molecule has 0 amide bonds. The van der Waals surface area contributed by atoms with Gasteiger partial charge in [0.25, 0.3) is 0 Å². The maximum atomic E-state index is 6.43. The Labute approximate surface area is 144 Å². The molecule has 0 saturated heterocycles. The third-order valence-corrected chi connectivity index (χ3v) is 4.65. The van der Waals surface area contributed by atoms with Crippen LogP contribution in [0.5, 0.6) is 0 Å². The fourth-order valence-electron chi connectivity index (χ4n) is 3.04. The van der Waals surface area contributed by atoms with Crippen LogP contribution in [-0.4, -0.2) is 23.9 Å². The maximum absolute atomic E-state index is 6.43. The molecule has 1 aliphatic heterocycles. The highest BCUT2D eigenvalue weighted by Crippen LogP contribution is 2.36. The number of nitrogens with zero attached hydrogens (tertiary/aromatic N) is 1. The SMILES string of the molecule is Clc1ccc(-c2[nH]c3ccccc3c2CC2=NCCN2)c(Cl)c1. The number of para-hydroxylation sites is 1. The van der Waals surface area contributed by atoms with Gasteiger partial charge in [0.1, 0.15) is 5.84 Å². The van der Waals surface area contributed by atoms with Crippen molar-refractivity contribution in [2.75, 3.05) is 13.1 Å². The van der Waals surface area contributed by atoms with Crippen molar-refractivity contribution < 1.29 is 0 Å². The van der Waals surface area contributed by atoms with Gasteiger partial charge in [-0.15, -0.1) is 0 Å². The number of H-pyrrole nitrogens is 1. The van der Waals surface area contributed by atoms with Crippen LogP contribution in [0.15, 0.2) is 47.5 Å². The number of nitrogens with one attached hydrogen (secondary N) is 2. The Morgan fingerprint density at radius 1 is 1.09 bits per heavy atom. The Hall–Kier alpha value is -1.97. The molecule has 0 aliphatic carbocycles. The van der Waals surface area contributed by atoms with E-state index in [0.717, 1.165) is 42.1 Å². The standard InChI is InChI=1S/C18H15Cl2N3/c19-11-5-6-13(15(20)9-11)18-14(10-17-21-7-8-22-17)12-3-1-2-4-16(12)23-18/h1-6,9,23H,7-8,10H2,(H,21,22). The highest BCUT2D eigenvalue weighted by atomic mass is 35.5. The van der Waals surface area contributed by atoms with Gasteiger partial charge in [-0.25, -0.2) is 0 Å². The zero-order valence-corrected chi connectivity index (χ0v) is 13.9. The lowest BCUT2D eigenvalue weighted by molar-refractivity contribution is 0.954. The van der Waals surface area contributed by atoms with E-state index in [9.17, 15) is 0 Å². The number of aliphatic imine (C=N–C) groups is 1. The molecule has 3 aromatic rings. The van der Waals surface area contributed by atoms with Crippen LogP contribution in [-0.2, 0) is 6.42 Å². The van der Waals surface area contributed by atoms with Gasteiger partial charge < -0.3 is 10.3 Å². The van der Waals surface area contributed by atoms with Crippen LogP contribution < -0.4 is 5.32 Å². The summed E-state index contributed by atoms with van der Waals surface area (Å²) in [6.07, 6.45) is 0.762. The third kappa shape index (κ3) is 2.71. The van der Waals surface area contributed by atoms with Gasteiger partial charge in [-0.2, -0.15) is 0 Å². The second kappa shape index (κ2) is 5.91. The van der Waals surface area contributed by atoms with Crippen LogP contribution in [0, 0.1) is 0 Å². The molecule has 5 heteroatoms. The number of hydrogen-bond acceptors (Lipinski definition) is 2. The third-order valence-electron chi connectivity index (χ3n) is 4.10. The average molecular weight is 344 g/mol. The fraction of sp³-hybridized carbons (Fsp3) is 0.167. The van der Waals surface area contributed by atoms with Crippen LogP contribution in [0.3, 0.4) is 0 Å². The van der Waals surface area contributed by atoms with Gasteiger partial charge in [-0.05, 0) is 29.8 Å². The first-order valence-electron chi connectivity index (χ1n) is 7.54. The van der Waals surface area contributed by atoms with Crippen LogP contribution in [0.2, 0.25) is 10.0 Å². The lowest BCUT2D eigenvalue weighted by Crippen LogP contribution is -2.20. The normalized spacial score (nSPS) is 14.1. The predicted molar refractivity (Wildman–Crippen MR) is 97.8 cm³/mol. The molecule has 23 heavy (non-hydrogen) atoms. The van der Waals surface area contributed by atoms with Crippen LogP contribution in [0.1, 0.15) is 5.56 Å². The molecule has 3 nitrogen and oxygen atoms in total. The highest BCUT2D eigenvalue weighted by Gasteiger charge is 2.18. The Kier molecular flexibility index (Phi) is 3.76. The van der Waals surface area contributed by atoms with E-state index in [0.29, 0.717) is 10.0 Å². The molecule has 2 N–H and O–H groups in total. The number of fused-ring (bicyclic) bond motifs is 1. The van der Waals surface area contributed by atoms with Crippen molar-refractivity contribution in [2.24, 2.45) is 4.99 Å². The van der Waals surface area contributed by atoms with Crippen molar-refractivity contribution in [1.82, 2.24) is 10.3 Å². The van der Waals surface area contributed by atoms with Crippen molar-refractivity contribution in [1.29, 1.82) is 0 Å². The number of amidine groups is 1. The van der Waals surface area contributed by atoms with Crippen molar-refractivity contribution in [3.8, 4) is 11.3 Å². The molecule has 2 heterocycles. The van der Waals surface area contributed by atoms with E-state index in [2.05, 4.69) is 33.5 Å². The van der Waals surface area contributed by atoms with Gasteiger partial charge in [-0.1, -0.05) is 41.4 Å².